The van der Waals surface area contributed by atoms with Crippen molar-refractivity contribution in [1.29, 1.82) is 0 Å². The Morgan fingerprint density at radius 3 is 2.82 bits per heavy atom. The van der Waals surface area contributed by atoms with Gasteiger partial charge in [0.2, 0.25) is 11.8 Å². The van der Waals surface area contributed by atoms with Crippen LogP contribution in [-0.2, 0) is 9.59 Å². The molecule has 0 radical (unpaired) electrons. The van der Waals surface area contributed by atoms with Gasteiger partial charge in [-0.15, -0.1) is 0 Å². The summed E-state index contributed by atoms with van der Waals surface area (Å²) in [6.07, 6.45) is 0.365. The molecule has 2 unspecified atom stereocenters. The summed E-state index contributed by atoms with van der Waals surface area (Å²) in [4.78, 5) is 25.0. The molecule has 1 rings (SSSR count). The number of hydrogen-bond acceptors (Lipinski definition) is 5. The normalized spacial score (nSPS) is 23.1. The minimum absolute atomic E-state index is 0.200. The zero-order valence-corrected chi connectivity index (χ0v) is 10.1. The molecule has 1 aliphatic heterocycles. The molecule has 0 bridgehead atoms. The predicted octanol–water partition coefficient (Wildman–Crippen LogP) is -2.79. The molecule has 7 nitrogen and oxygen atoms in total. The fourth-order valence-corrected chi connectivity index (χ4v) is 1.80. The molecule has 1 fully saturated rings. The topological polar surface area (TPSA) is 113 Å². The maximum absolute atomic E-state index is 11.9. The lowest BCUT2D eigenvalue weighted by molar-refractivity contribution is -0.129. The molecule has 6 N–H and O–H groups in total. The summed E-state index contributed by atoms with van der Waals surface area (Å²) in [5.74, 6) is -0.748. The smallest absolute Gasteiger partial charge is 0.240 e. The van der Waals surface area contributed by atoms with Crippen LogP contribution in [0.2, 0.25) is 0 Å². The Kier molecular flexibility index (Phi) is 5.33. The number of piperazine rings is 1. The Hall–Kier alpha value is -1.18. The van der Waals surface area contributed by atoms with Crippen molar-refractivity contribution in [2.75, 3.05) is 33.2 Å². The lowest BCUT2D eigenvalue weighted by atomic mass is 10.1. The highest BCUT2D eigenvalue weighted by Crippen LogP contribution is 1.98. The first-order valence-corrected chi connectivity index (χ1v) is 5.76. The highest BCUT2D eigenvalue weighted by atomic mass is 16.2. The van der Waals surface area contributed by atoms with Gasteiger partial charge >= 0.3 is 0 Å². The molecule has 1 saturated heterocycles. The number of hydrogen-bond donors (Lipinski definition) is 4. The van der Waals surface area contributed by atoms with Crippen molar-refractivity contribution in [3.8, 4) is 0 Å². The summed E-state index contributed by atoms with van der Waals surface area (Å²) in [6, 6.07) is -0.977. The number of carbonyl (C=O) groups is 2. The highest BCUT2D eigenvalue weighted by molar-refractivity contribution is 5.89. The Balaban J connectivity index is 2.48. The lowest BCUT2D eigenvalue weighted by Crippen LogP contribution is -2.59. The number of likely N-dealkylation sites (N-methyl/N-ethyl adjacent to an activating group) is 1. The SMILES string of the molecule is CN1CCNC(C(=O)NC(CCN)C(N)=O)C1. The predicted molar refractivity (Wildman–Crippen MR) is 64.1 cm³/mol. The van der Waals surface area contributed by atoms with Gasteiger partial charge in [0.15, 0.2) is 0 Å². The van der Waals surface area contributed by atoms with Crippen LogP contribution in [0.4, 0.5) is 0 Å². The first kappa shape index (κ1) is 13.9. The van der Waals surface area contributed by atoms with Crippen molar-refractivity contribution in [1.82, 2.24) is 15.5 Å². The van der Waals surface area contributed by atoms with Crippen LogP contribution in [0, 0.1) is 0 Å². The zero-order chi connectivity index (χ0) is 12.8. The van der Waals surface area contributed by atoms with Gasteiger partial charge in [-0.05, 0) is 20.0 Å². The van der Waals surface area contributed by atoms with Crippen LogP contribution in [-0.4, -0.2) is 62.0 Å². The van der Waals surface area contributed by atoms with E-state index in [2.05, 4.69) is 15.5 Å². The van der Waals surface area contributed by atoms with Crippen molar-refractivity contribution in [3.05, 3.63) is 0 Å². The van der Waals surface area contributed by atoms with E-state index in [9.17, 15) is 9.59 Å². The molecule has 1 aliphatic rings. The molecule has 0 saturated carbocycles. The zero-order valence-electron chi connectivity index (χ0n) is 10.1. The average Bonchev–Trinajstić information content (AvgIpc) is 2.28. The molecule has 0 aromatic heterocycles. The number of nitrogens with two attached hydrogens (primary N) is 2. The van der Waals surface area contributed by atoms with Crippen molar-refractivity contribution < 1.29 is 9.59 Å². The first-order chi connectivity index (χ1) is 8.04. The summed E-state index contributed by atoms with van der Waals surface area (Å²) >= 11 is 0. The molecule has 7 heteroatoms. The van der Waals surface area contributed by atoms with Gasteiger partial charge in [0.25, 0.3) is 0 Å². The van der Waals surface area contributed by atoms with Crippen LogP contribution in [0.15, 0.2) is 0 Å². The van der Waals surface area contributed by atoms with Crippen molar-refractivity contribution in [2.45, 2.75) is 18.5 Å². The number of nitrogens with one attached hydrogen (secondary N) is 2. The fraction of sp³-hybridized carbons (Fsp3) is 0.800. The molecule has 0 spiro atoms. The van der Waals surface area contributed by atoms with Crippen molar-refractivity contribution in [3.63, 3.8) is 0 Å². The minimum atomic E-state index is -0.679. The number of primary amides is 1. The molecule has 2 amide bonds. The summed E-state index contributed by atoms with van der Waals surface area (Å²) < 4.78 is 0. The highest BCUT2D eigenvalue weighted by Gasteiger charge is 2.26. The van der Waals surface area contributed by atoms with Gasteiger partial charge in [0.05, 0.1) is 6.04 Å². The second kappa shape index (κ2) is 6.53. The van der Waals surface area contributed by atoms with Crippen LogP contribution in [0.1, 0.15) is 6.42 Å². The molecule has 2 atom stereocenters. The largest absolute Gasteiger partial charge is 0.368 e. The van der Waals surface area contributed by atoms with Crippen LogP contribution in [0.3, 0.4) is 0 Å². The second-order valence-corrected chi connectivity index (χ2v) is 4.31. The van der Waals surface area contributed by atoms with E-state index in [0.29, 0.717) is 19.5 Å². The van der Waals surface area contributed by atoms with Gasteiger partial charge < -0.3 is 27.0 Å². The quantitative estimate of drug-likeness (QED) is 0.417. The number of rotatable bonds is 5. The van der Waals surface area contributed by atoms with E-state index >= 15 is 0 Å². The van der Waals surface area contributed by atoms with Crippen LogP contribution >= 0.6 is 0 Å². The third-order valence-corrected chi connectivity index (χ3v) is 2.81. The third kappa shape index (κ3) is 4.29. The first-order valence-electron chi connectivity index (χ1n) is 5.76. The van der Waals surface area contributed by atoms with Crippen LogP contribution < -0.4 is 22.1 Å². The van der Waals surface area contributed by atoms with Crippen molar-refractivity contribution in [2.24, 2.45) is 11.5 Å². The number of nitrogens with zero attached hydrogens (tertiary/aromatic N) is 1. The summed E-state index contributed by atoms with van der Waals surface area (Å²) in [5, 5.41) is 5.72. The van der Waals surface area contributed by atoms with Gasteiger partial charge in [0.1, 0.15) is 6.04 Å². The summed E-state index contributed by atoms with van der Waals surface area (Å²) in [5.41, 5.74) is 10.5. The molecule has 0 aliphatic carbocycles. The van der Waals surface area contributed by atoms with E-state index in [0.717, 1.165) is 13.1 Å². The maximum atomic E-state index is 11.9. The van der Waals surface area contributed by atoms with Gasteiger partial charge in [-0.25, -0.2) is 0 Å². The summed E-state index contributed by atoms with van der Waals surface area (Å²) in [7, 11) is 1.95. The molecule has 0 aromatic carbocycles. The molecule has 1 heterocycles. The van der Waals surface area contributed by atoms with E-state index in [1.165, 1.54) is 0 Å². The Morgan fingerprint density at radius 2 is 2.29 bits per heavy atom. The van der Waals surface area contributed by atoms with E-state index in [4.69, 9.17) is 11.5 Å². The minimum Gasteiger partial charge on any atom is -0.368 e. The standard InChI is InChI=1S/C10H21N5O2/c1-15-5-4-13-8(6-15)10(17)14-7(2-3-11)9(12)16/h7-8,13H,2-6,11H2,1H3,(H2,12,16)(H,14,17). The Bertz CT molecular complexity index is 284. The van der Waals surface area contributed by atoms with E-state index < -0.39 is 11.9 Å². The average molecular weight is 243 g/mol. The van der Waals surface area contributed by atoms with Crippen molar-refractivity contribution >= 4 is 11.8 Å². The fourth-order valence-electron chi connectivity index (χ4n) is 1.80. The Morgan fingerprint density at radius 1 is 1.59 bits per heavy atom. The second-order valence-electron chi connectivity index (χ2n) is 4.31. The molecule has 0 aromatic rings. The molecular weight excluding hydrogens is 222 g/mol. The van der Waals surface area contributed by atoms with Gasteiger partial charge in [-0.3, -0.25) is 9.59 Å². The Labute approximate surface area is 101 Å². The van der Waals surface area contributed by atoms with Crippen LogP contribution in [0.25, 0.3) is 0 Å². The van der Waals surface area contributed by atoms with E-state index in [1.807, 2.05) is 7.05 Å². The van der Waals surface area contributed by atoms with E-state index in [1.54, 1.807) is 0 Å². The monoisotopic (exact) mass is 243 g/mol. The molecule has 17 heavy (non-hydrogen) atoms. The molecular formula is C10H21N5O2. The number of amides is 2. The molecule has 98 valence electrons. The number of carbonyl (C=O) groups excluding carboxylic acids is 2. The maximum Gasteiger partial charge on any atom is 0.240 e. The van der Waals surface area contributed by atoms with Gasteiger partial charge in [-0.2, -0.15) is 0 Å². The third-order valence-electron chi connectivity index (χ3n) is 2.81. The van der Waals surface area contributed by atoms with Gasteiger partial charge in [0, 0.05) is 19.6 Å². The van der Waals surface area contributed by atoms with E-state index in [-0.39, 0.29) is 11.9 Å². The lowest BCUT2D eigenvalue weighted by Gasteiger charge is -2.30. The van der Waals surface area contributed by atoms with Crippen LogP contribution in [0.5, 0.6) is 0 Å². The summed E-state index contributed by atoms with van der Waals surface area (Å²) in [6.45, 7) is 2.60. The van der Waals surface area contributed by atoms with Gasteiger partial charge in [-0.1, -0.05) is 0 Å².